The number of amides is 1. The summed E-state index contributed by atoms with van der Waals surface area (Å²) in [5.74, 6) is -1.09. The van der Waals surface area contributed by atoms with Crippen LogP contribution in [0, 0.1) is 5.92 Å². The third kappa shape index (κ3) is 6.08. The van der Waals surface area contributed by atoms with Gasteiger partial charge in [-0.25, -0.2) is 0 Å². The van der Waals surface area contributed by atoms with Crippen LogP contribution < -0.4 is 5.32 Å². The largest absolute Gasteiger partial charge is 0.480 e. The van der Waals surface area contributed by atoms with Gasteiger partial charge in [-0.2, -0.15) is 0 Å². The summed E-state index contributed by atoms with van der Waals surface area (Å²) in [4.78, 5) is 34.2. The van der Waals surface area contributed by atoms with E-state index in [1.807, 2.05) is 12.1 Å². The van der Waals surface area contributed by atoms with Gasteiger partial charge >= 0.3 is 5.97 Å². The maximum Gasteiger partial charge on any atom is 0.325 e. The van der Waals surface area contributed by atoms with Crippen molar-refractivity contribution >= 4 is 17.7 Å². The molecule has 0 fully saturated rings. The number of aliphatic carboxylic acids is 1. The first-order valence-electron chi connectivity index (χ1n) is 7.44. The van der Waals surface area contributed by atoms with E-state index >= 15 is 0 Å². The van der Waals surface area contributed by atoms with Crippen molar-refractivity contribution in [3.8, 4) is 0 Å². The number of carbonyl (C=O) groups excluding carboxylic acids is 2. The van der Waals surface area contributed by atoms with Crippen LogP contribution in [0.1, 0.15) is 49.5 Å². The normalized spacial score (nSPS) is 12.0. The number of hydrogen-bond donors (Lipinski definition) is 2. The summed E-state index contributed by atoms with van der Waals surface area (Å²) >= 11 is 0. The van der Waals surface area contributed by atoms with Gasteiger partial charge in [0.1, 0.15) is 6.04 Å². The number of benzene rings is 1. The Morgan fingerprint density at radius 1 is 1.05 bits per heavy atom. The van der Waals surface area contributed by atoms with Gasteiger partial charge < -0.3 is 10.4 Å². The van der Waals surface area contributed by atoms with Crippen LogP contribution in [0.15, 0.2) is 24.3 Å². The minimum atomic E-state index is -1.10. The highest BCUT2D eigenvalue weighted by Crippen LogP contribution is 2.12. The highest BCUT2D eigenvalue weighted by Gasteiger charge is 2.15. The molecule has 1 aromatic rings. The van der Waals surface area contributed by atoms with Crippen molar-refractivity contribution in [3.05, 3.63) is 35.4 Å². The number of Topliss-reactive ketones (excluding diaryl/α,β-unsaturated/α-hetero) is 1. The molecule has 0 aliphatic heterocycles. The van der Waals surface area contributed by atoms with Gasteiger partial charge in [-0.15, -0.1) is 0 Å². The molecule has 0 aliphatic rings. The van der Waals surface area contributed by atoms with Crippen LogP contribution in [0.3, 0.4) is 0 Å². The summed E-state index contributed by atoms with van der Waals surface area (Å²) in [7, 11) is 0. The molecule has 0 saturated carbocycles. The van der Waals surface area contributed by atoms with Crippen molar-refractivity contribution in [2.45, 2.75) is 46.1 Å². The second kappa shape index (κ2) is 8.32. The van der Waals surface area contributed by atoms with Gasteiger partial charge in [0.05, 0.1) is 0 Å². The van der Waals surface area contributed by atoms with E-state index in [-0.39, 0.29) is 18.6 Å². The Morgan fingerprint density at radius 3 is 2.14 bits per heavy atom. The molecule has 0 radical (unpaired) electrons. The molecular formula is C17H23NO4. The van der Waals surface area contributed by atoms with Crippen LogP contribution in [0.4, 0.5) is 0 Å². The number of carboxylic acids is 1. The Hall–Kier alpha value is -2.17. The maximum absolute atomic E-state index is 12.0. The second-order valence-corrected chi connectivity index (χ2v) is 5.85. The average Bonchev–Trinajstić information content (AvgIpc) is 2.44. The molecule has 120 valence electrons. The van der Waals surface area contributed by atoms with Gasteiger partial charge in [0, 0.05) is 18.4 Å². The highest BCUT2D eigenvalue weighted by atomic mass is 16.4. The van der Waals surface area contributed by atoms with Gasteiger partial charge in [0.25, 0.3) is 0 Å². The third-order valence-corrected chi connectivity index (χ3v) is 3.25. The van der Waals surface area contributed by atoms with Crippen molar-refractivity contribution < 1.29 is 19.5 Å². The van der Waals surface area contributed by atoms with Gasteiger partial charge in [-0.05, 0) is 24.8 Å². The summed E-state index contributed by atoms with van der Waals surface area (Å²) in [6.07, 6.45) is 1.02. The van der Waals surface area contributed by atoms with Gasteiger partial charge in [-0.1, -0.05) is 38.1 Å². The molecule has 0 spiro atoms. The molecule has 1 amide bonds. The van der Waals surface area contributed by atoms with Gasteiger partial charge in [-0.3, -0.25) is 14.4 Å². The molecule has 1 aromatic carbocycles. The van der Waals surface area contributed by atoms with E-state index in [9.17, 15) is 14.4 Å². The molecule has 1 atom stereocenters. The van der Waals surface area contributed by atoms with E-state index in [1.54, 1.807) is 12.1 Å². The van der Waals surface area contributed by atoms with Crippen LogP contribution >= 0.6 is 0 Å². The number of hydrogen-bond acceptors (Lipinski definition) is 3. The van der Waals surface area contributed by atoms with Crippen molar-refractivity contribution in [2.75, 3.05) is 0 Å². The molecule has 0 saturated heterocycles. The predicted molar refractivity (Wildman–Crippen MR) is 83.8 cm³/mol. The first-order chi connectivity index (χ1) is 10.3. The number of ketones is 1. The van der Waals surface area contributed by atoms with E-state index < -0.39 is 17.9 Å². The summed E-state index contributed by atoms with van der Waals surface area (Å²) in [6, 6.07) is 6.47. The van der Waals surface area contributed by atoms with Gasteiger partial charge in [0.15, 0.2) is 5.78 Å². The molecule has 0 unspecified atom stereocenters. The molecule has 0 aliphatic carbocycles. The SMILES string of the molecule is CC(C)Cc1ccc(C(=O)CCC(=O)N[C@@H](C)C(=O)O)cc1. The fourth-order valence-corrected chi connectivity index (χ4v) is 2.04. The van der Waals surface area contributed by atoms with Gasteiger partial charge in [0.2, 0.25) is 5.91 Å². The van der Waals surface area contributed by atoms with E-state index in [0.717, 1.165) is 6.42 Å². The monoisotopic (exact) mass is 305 g/mol. The Kier molecular flexibility index (Phi) is 6.76. The lowest BCUT2D eigenvalue weighted by atomic mass is 9.99. The summed E-state index contributed by atoms with van der Waals surface area (Å²) < 4.78 is 0. The van der Waals surface area contributed by atoms with Crippen LogP contribution in [-0.4, -0.2) is 28.8 Å². The Morgan fingerprint density at radius 2 is 1.64 bits per heavy atom. The summed E-state index contributed by atoms with van der Waals surface area (Å²) in [6.45, 7) is 5.65. The summed E-state index contributed by atoms with van der Waals surface area (Å²) in [5.41, 5.74) is 1.76. The lowest BCUT2D eigenvalue weighted by Gasteiger charge is -2.09. The molecule has 0 aromatic heterocycles. The molecule has 1 rings (SSSR count). The predicted octanol–water partition coefficient (Wildman–Crippen LogP) is 2.44. The number of carbonyl (C=O) groups is 3. The third-order valence-electron chi connectivity index (χ3n) is 3.25. The molecule has 0 heterocycles. The maximum atomic E-state index is 12.0. The zero-order valence-electron chi connectivity index (χ0n) is 13.3. The van der Waals surface area contributed by atoms with Crippen molar-refractivity contribution in [1.29, 1.82) is 0 Å². The fraction of sp³-hybridized carbons (Fsp3) is 0.471. The minimum Gasteiger partial charge on any atom is -0.480 e. The minimum absolute atomic E-state index is 0.00972. The Bertz CT molecular complexity index is 534. The molecule has 2 N–H and O–H groups in total. The quantitative estimate of drug-likeness (QED) is 0.723. The molecule has 5 nitrogen and oxygen atoms in total. The summed E-state index contributed by atoms with van der Waals surface area (Å²) in [5, 5.41) is 11.0. The molecule has 0 bridgehead atoms. The standard InChI is InChI=1S/C17H23NO4/c1-11(2)10-13-4-6-14(7-5-13)15(19)8-9-16(20)18-12(3)17(21)22/h4-7,11-12H,8-10H2,1-3H3,(H,18,20)(H,21,22)/t12-/m0/s1. The van der Waals surface area contributed by atoms with Crippen LogP contribution in [-0.2, 0) is 16.0 Å². The van der Waals surface area contributed by atoms with Crippen LogP contribution in [0.5, 0.6) is 0 Å². The zero-order valence-corrected chi connectivity index (χ0v) is 13.3. The topological polar surface area (TPSA) is 83.5 Å². The molecule has 5 heteroatoms. The highest BCUT2D eigenvalue weighted by molar-refractivity contribution is 5.98. The Balaban J connectivity index is 2.48. The van der Waals surface area contributed by atoms with E-state index in [2.05, 4.69) is 19.2 Å². The van der Waals surface area contributed by atoms with Crippen LogP contribution in [0.2, 0.25) is 0 Å². The number of carboxylic acid groups (broad SMARTS) is 1. The fourth-order valence-electron chi connectivity index (χ4n) is 2.04. The number of nitrogens with one attached hydrogen (secondary N) is 1. The van der Waals surface area contributed by atoms with Crippen molar-refractivity contribution in [3.63, 3.8) is 0 Å². The van der Waals surface area contributed by atoms with Crippen LogP contribution in [0.25, 0.3) is 0 Å². The molecule has 22 heavy (non-hydrogen) atoms. The van der Waals surface area contributed by atoms with E-state index in [4.69, 9.17) is 5.11 Å². The molecular weight excluding hydrogens is 282 g/mol. The zero-order chi connectivity index (χ0) is 16.7. The van der Waals surface area contributed by atoms with E-state index in [0.29, 0.717) is 11.5 Å². The first-order valence-corrected chi connectivity index (χ1v) is 7.44. The average molecular weight is 305 g/mol. The van der Waals surface area contributed by atoms with Crippen molar-refractivity contribution in [2.24, 2.45) is 5.92 Å². The lowest BCUT2D eigenvalue weighted by Crippen LogP contribution is -2.38. The van der Waals surface area contributed by atoms with Crippen molar-refractivity contribution in [1.82, 2.24) is 5.32 Å². The Labute approximate surface area is 130 Å². The van der Waals surface area contributed by atoms with E-state index in [1.165, 1.54) is 12.5 Å². The smallest absolute Gasteiger partial charge is 0.325 e. The number of rotatable bonds is 8. The lowest BCUT2D eigenvalue weighted by molar-refractivity contribution is -0.141. The first kappa shape index (κ1) is 17.9. The second-order valence-electron chi connectivity index (χ2n) is 5.85.